The minimum Gasteiger partial charge on any atom is -0.481 e. The van der Waals surface area contributed by atoms with Crippen molar-refractivity contribution >= 4 is 68.2 Å². The zero-order valence-corrected chi connectivity index (χ0v) is 25.7. The van der Waals surface area contributed by atoms with Crippen LogP contribution in [0.1, 0.15) is 45.7 Å². The summed E-state index contributed by atoms with van der Waals surface area (Å²) >= 11 is 14.9. The summed E-state index contributed by atoms with van der Waals surface area (Å²) in [7, 11) is 0. The Morgan fingerprint density at radius 1 is 0.905 bits per heavy atom. The number of fused-ring (bicyclic) bond motifs is 1. The normalized spacial score (nSPS) is 11.1. The number of nitrogens with two attached hydrogens (primary N) is 1. The first-order valence-electron chi connectivity index (χ1n) is 12.2. The Hall–Kier alpha value is -3.79. The molecule has 0 aromatic heterocycles. The highest BCUT2D eigenvalue weighted by Crippen LogP contribution is 2.31. The topological polar surface area (TPSA) is 101 Å². The monoisotopic (exact) mass is 678 g/mol. The Morgan fingerprint density at radius 2 is 1.45 bits per heavy atom. The number of carbonyl (C=O) groups excluding carboxylic acids is 2. The molecule has 0 fully saturated rings. The second kappa shape index (κ2) is 16.6. The lowest BCUT2D eigenvalue weighted by Gasteiger charge is -2.16. The van der Waals surface area contributed by atoms with Crippen molar-refractivity contribution in [1.29, 1.82) is 0 Å². The van der Waals surface area contributed by atoms with Gasteiger partial charge < -0.3 is 15.7 Å². The fourth-order valence-corrected chi connectivity index (χ4v) is 4.44. The maximum Gasteiger partial charge on any atom is 0.300 e. The van der Waals surface area contributed by atoms with Crippen molar-refractivity contribution in [2.24, 2.45) is 0 Å². The van der Waals surface area contributed by atoms with Gasteiger partial charge in [-0.3, -0.25) is 14.4 Å². The van der Waals surface area contributed by atoms with Gasteiger partial charge in [-0.1, -0.05) is 75.5 Å². The van der Waals surface area contributed by atoms with E-state index < -0.39 is 11.8 Å². The maximum absolute atomic E-state index is 13.7. The van der Waals surface area contributed by atoms with E-state index in [9.17, 15) is 18.4 Å². The Morgan fingerprint density at radius 3 is 1.98 bits per heavy atom. The molecule has 0 spiro atoms. The van der Waals surface area contributed by atoms with Crippen LogP contribution in [0.5, 0.6) is 0 Å². The quantitative estimate of drug-likeness (QED) is 0.128. The molecule has 3 N–H and O–H groups in total. The minimum atomic E-state index is -0.833. The van der Waals surface area contributed by atoms with E-state index in [-0.39, 0.29) is 23.2 Å². The molecular weight excluding hydrogens is 653 g/mol. The molecule has 220 valence electrons. The van der Waals surface area contributed by atoms with Crippen LogP contribution in [-0.4, -0.2) is 22.8 Å². The van der Waals surface area contributed by atoms with Gasteiger partial charge in [0.2, 0.25) is 0 Å². The van der Waals surface area contributed by atoms with Crippen LogP contribution < -0.4 is 10.6 Å². The highest BCUT2D eigenvalue weighted by molar-refractivity contribution is 9.08. The summed E-state index contributed by atoms with van der Waals surface area (Å²) in [5.41, 5.74) is 8.73. The van der Waals surface area contributed by atoms with Crippen molar-refractivity contribution in [3.63, 3.8) is 0 Å². The lowest BCUT2D eigenvalue weighted by molar-refractivity contribution is -0.134. The molecule has 1 aliphatic heterocycles. The zero-order valence-electron chi connectivity index (χ0n) is 22.6. The summed E-state index contributed by atoms with van der Waals surface area (Å²) in [6.07, 6.45) is 0. The molecule has 1 aliphatic rings. The van der Waals surface area contributed by atoms with Crippen LogP contribution in [0.15, 0.2) is 84.9 Å². The van der Waals surface area contributed by atoms with E-state index in [2.05, 4.69) is 15.9 Å². The average molecular weight is 680 g/mol. The summed E-state index contributed by atoms with van der Waals surface area (Å²) in [6, 6.07) is 22.9. The van der Waals surface area contributed by atoms with Crippen molar-refractivity contribution in [3.8, 4) is 0 Å². The van der Waals surface area contributed by atoms with Crippen molar-refractivity contribution < 1.29 is 28.3 Å². The molecule has 1 amide bonds. The first-order valence-corrected chi connectivity index (χ1v) is 14.1. The number of halogens is 5. The smallest absolute Gasteiger partial charge is 0.300 e. The number of carboxylic acid groups (broad SMARTS) is 1. The van der Waals surface area contributed by atoms with Gasteiger partial charge in [-0.05, 0) is 66.6 Å². The van der Waals surface area contributed by atoms with Crippen molar-refractivity contribution in [3.05, 3.63) is 129 Å². The summed E-state index contributed by atoms with van der Waals surface area (Å²) in [5, 5.41) is 9.21. The molecule has 4 aromatic carbocycles. The molecule has 0 saturated heterocycles. The van der Waals surface area contributed by atoms with E-state index in [1.54, 1.807) is 60.7 Å². The molecule has 11 heteroatoms. The van der Waals surface area contributed by atoms with Gasteiger partial charge in [0.05, 0.1) is 17.9 Å². The second-order valence-electron chi connectivity index (χ2n) is 8.68. The number of nitrogens with zero attached hydrogens (tertiary/aromatic N) is 1. The molecular formula is C31H27BrCl2F2N2O4. The number of hydrogen-bond acceptors (Lipinski definition) is 4. The number of ketones is 1. The average Bonchev–Trinajstić information content (AvgIpc) is 3.26. The number of alkyl halides is 1. The van der Waals surface area contributed by atoms with E-state index in [0.717, 1.165) is 18.1 Å². The Balaban J connectivity index is 0.000000222. The van der Waals surface area contributed by atoms with Gasteiger partial charge in [0.15, 0.2) is 5.78 Å². The Bertz CT molecular complexity index is 1540. The highest BCUT2D eigenvalue weighted by Gasteiger charge is 2.29. The number of rotatable bonds is 3. The molecule has 0 unspecified atom stereocenters. The van der Waals surface area contributed by atoms with Crippen LogP contribution in [0.3, 0.4) is 0 Å². The lowest BCUT2D eigenvalue weighted by Crippen LogP contribution is -2.23. The van der Waals surface area contributed by atoms with Crippen molar-refractivity contribution in [1.82, 2.24) is 0 Å². The Kier molecular flexibility index (Phi) is 13.6. The molecule has 42 heavy (non-hydrogen) atoms. The van der Waals surface area contributed by atoms with Gasteiger partial charge in [-0.2, -0.15) is 0 Å². The molecule has 0 saturated carbocycles. The fraction of sp³-hybridized carbons (Fsp3) is 0.129. The van der Waals surface area contributed by atoms with Crippen molar-refractivity contribution in [2.75, 3.05) is 10.6 Å². The minimum absolute atomic E-state index is 0.0481. The predicted octanol–water partition coefficient (Wildman–Crippen LogP) is 8.58. The van der Waals surface area contributed by atoms with Gasteiger partial charge in [0.1, 0.15) is 11.6 Å². The third kappa shape index (κ3) is 10.2. The van der Waals surface area contributed by atoms with Gasteiger partial charge in [0, 0.05) is 33.4 Å². The number of para-hydroxylation sites is 2. The van der Waals surface area contributed by atoms with Crippen molar-refractivity contribution in [2.45, 2.75) is 25.7 Å². The first kappa shape index (κ1) is 34.4. The molecule has 0 aliphatic carbocycles. The SMILES string of the molecule is CC(=O)O.CC(=O)c1cc(Cl)ccc1CBr.Nc1ccccc1F.O=C1c2cc(Cl)ccc2CN1c1ccccc1F. The molecule has 4 aromatic rings. The van der Waals surface area contributed by atoms with E-state index in [1.165, 1.54) is 30.0 Å². The maximum atomic E-state index is 13.7. The van der Waals surface area contributed by atoms with Gasteiger partial charge in [0.25, 0.3) is 11.9 Å². The lowest BCUT2D eigenvalue weighted by atomic mass is 10.1. The summed E-state index contributed by atoms with van der Waals surface area (Å²) in [5.74, 6) is -1.75. The van der Waals surface area contributed by atoms with Gasteiger partial charge in [-0.25, -0.2) is 8.78 Å². The second-order valence-corrected chi connectivity index (χ2v) is 10.1. The summed E-state index contributed by atoms with van der Waals surface area (Å²) in [4.78, 5) is 33.7. The third-order valence-electron chi connectivity index (χ3n) is 5.52. The number of benzene rings is 4. The molecule has 6 nitrogen and oxygen atoms in total. The van der Waals surface area contributed by atoms with E-state index in [0.29, 0.717) is 38.7 Å². The van der Waals surface area contributed by atoms with Crippen LogP contribution in [-0.2, 0) is 16.7 Å². The standard InChI is InChI=1S/C14H9ClFNO.C9H8BrClO.C6H6FN.C2H4O2/c15-10-6-5-9-8-17(14(18)11(9)7-10)13-4-2-1-3-12(13)16;1-6(12)9-4-8(11)3-2-7(9)5-10;7-5-3-1-2-4-6(5)8;1-2(3)4/h1-7H,8H2;2-4H,5H2,1H3;1-4H,8H2;1H3,(H,3,4). The predicted molar refractivity (Wildman–Crippen MR) is 167 cm³/mol. The molecule has 0 radical (unpaired) electrons. The first-order chi connectivity index (χ1) is 19.8. The fourth-order valence-electron chi connectivity index (χ4n) is 3.61. The number of amides is 1. The van der Waals surface area contributed by atoms with Gasteiger partial charge >= 0.3 is 0 Å². The van der Waals surface area contributed by atoms with E-state index >= 15 is 0 Å². The number of Topliss-reactive ketones (excluding diaryl/α,β-unsaturated/α-hetero) is 1. The number of aliphatic carboxylic acids is 1. The number of anilines is 2. The molecule has 5 rings (SSSR count). The number of carbonyl (C=O) groups is 3. The van der Waals surface area contributed by atoms with Crippen LogP contribution in [0, 0.1) is 11.6 Å². The number of nitrogen functional groups attached to an aromatic ring is 1. The van der Waals surface area contributed by atoms with E-state index in [4.69, 9.17) is 38.8 Å². The van der Waals surface area contributed by atoms with Gasteiger partial charge in [-0.15, -0.1) is 0 Å². The molecule has 0 atom stereocenters. The molecule has 0 bridgehead atoms. The highest BCUT2D eigenvalue weighted by atomic mass is 79.9. The number of carboxylic acids is 1. The number of hydrogen-bond donors (Lipinski definition) is 2. The zero-order chi connectivity index (χ0) is 31.4. The largest absolute Gasteiger partial charge is 0.481 e. The Labute approximate surface area is 260 Å². The summed E-state index contributed by atoms with van der Waals surface area (Å²) < 4.78 is 25.9. The van der Waals surface area contributed by atoms with Crippen LogP contribution in [0.4, 0.5) is 20.2 Å². The third-order valence-corrected chi connectivity index (χ3v) is 6.59. The van der Waals surface area contributed by atoms with Crippen LogP contribution >= 0.6 is 39.1 Å². The molecule has 1 heterocycles. The summed E-state index contributed by atoms with van der Waals surface area (Å²) in [6.45, 7) is 3.00. The van der Waals surface area contributed by atoms with Crippen LogP contribution in [0.25, 0.3) is 0 Å². The van der Waals surface area contributed by atoms with Crippen LogP contribution in [0.2, 0.25) is 10.0 Å². The van der Waals surface area contributed by atoms with E-state index in [1.807, 2.05) is 6.07 Å².